The first kappa shape index (κ1) is 26.0. The summed E-state index contributed by atoms with van der Waals surface area (Å²) in [7, 11) is 2.19. The second-order valence-electron chi connectivity index (χ2n) is 13.0. The molecule has 4 aliphatic carbocycles. The van der Waals surface area contributed by atoms with E-state index >= 15 is 0 Å². The molecule has 3 unspecified atom stereocenters. The number of nitrogens with zero attached hydrogens (tertiary/aromatic N) is 4. The van der Waals surface area contributed by atoms with Gasteiger partial charge in [0.05, 0.1) is 6.61 Å². The molecule has 40 heavy (non-hydrogen) atoms. The number of hydrogen-bond donors (Lipinski definition) is 1. The lowest BCUT2D eigenvalue weighted by Crippen LogP contribution is -2.60. The molecule has 2 aromatic carbocycles. The molecule has 3 atom stereocenters. The van der Waals surface area contributed by atoms with E-state index < -0.39 is 18.0 Å². The highest BCUT2D eigenvalue weighted by Crippen LogP contribution is 2.62. The molecule has 0 amide bonds. The van der Waals surface area contributed by atoms with Gasteiger partial charge in [0.2, 0.25) is 6.35 Å². The minimum absolute atomic E-state index is 0.0486. The first-order valence-corrected chi connectivity index (χ1v) is 14.8. The molecule has 2 aromatic rings. The predicted molar refractivity (Wildman–Crippen MR) is 156 cm³/mol. The summed E-state index contributed by atoms with van der Waals surface area (Å²) in [6, 6.07) is 12.9. The van der Waals surface area contributed by atoms with Gasteiger partial charge in [-0.15, -0.1) is 0 Å². The van der Waals surface area contributed by atoms with E-state index in [-0.39, 0.29) is 16.6 Å². The average Bonchev–Trinajstić information content (AvgIpc) is 2.92. The van der Waals surface area contributed by atoms with E-state index in [1.54, 1.807) is 18.5 Å². The maximum absolute atomic E-state index is 14.6. The molecule has 4 saturated carbocycles. The number of halogens is 2. The average molecular weight is 548 g/mol. The van der Waals surface area contributed by atoms with Crippen molar-refractivity contribution in [3.8, 4) is 0 Å². The Morgan fingerprint density at radius 2 is 1.65 bits per heavy atom. The number of ether oxygens (including phenoxy) is 1. The minimum Gasteiger partial charge on any atom is -0.380 e. The first-order chi connectivity index (χ1) is 19.4. The van der Waals surface area contributed by atoms with Crippen LogP contribution < -0.4 is 15.1 Å². The van der Waals surface area contributed by atoms with Gasteiger partial charge in [-0.3, -0.25) is 4.90 Å². The maximum Gasteiger partial charge on any atom is 0.232 e. The Morgan fingerprint density at radius 3 is 2.35 bits per heavy atom. The van der Waals surface area contributed by atoms with Gasteiger partial charge >= 0.3 is 0 Å². The smallest absolute Gasteiger partial charge is 0.232 e. The molecule has 8 rings (SSSR count). The number of hydrogen-bond acceptors (Lipinski definition) is 6. The SMILES string of the molecule is CN1CCN(c2ccc(NC34CC5CC(CC(COC6N=CC=CN6c6c(F)cccc6F)(C5)C3)C4)cc2)CC1. The lowest BCUT2D eigenvalue weighted by atomic mass is 9.47. The monoisotopic (exact) mass is 547 g/mol. The van der Waals surface area contributed by atoms with Gasteiger partial charge in [-0.25, -0.2) is 13.8 Å². The Labute approximate surface area is 235 Å². The van der Waals surface area contributed by atoms with Crippen LogP contribution in [0.5, 0.6) is 0 Å². The summed E-state index contributed by atoms with van der Waals surface area (Å²) in [5.41, 5.74) is 2.48. The third-order valence-corrected chi connectivity index (χ3v) is 9.85. The highest BCUT2D eigenvalue weighted by Gasteiger charge is 2.58. The molecule has 0 radical (unpaired) electrons. The summed E-state index contributed by atoms with van der Waals surface area (Å²) in [6.45, 7) is 4.88. The lowest BCUT2D eigenvalue weighted by molar-refractivity contribution is -0.113. The predicted octanol–water partition coefficient (Wildman–Crippen LogP) is 5.87. The molecule has 1 N–H and O–H groups in total. The fourth-order valence-electron chi connectivity index (χ4n) is 8.59. The van der Waals surface area contributed by atoms with Crippen LogP contribution in [0.25, 0.3) is 0 Å². The summed E-state index contributed by atoms with van der Waals surface area (Å²) in [5, 5.41) is 4.00. The second-order valence-corrected chi connectivity index (χ2v) is 13.0. The zero-order chi connectivity index (χ0) is 27.3. The molecule has 8 heteroatoms. The second kappa shape index (κ2) is 10.1. The molecular weight excluding hydrogens is 508 g/mol. The largest absolute Gasteiger partial charge is 0.380 e. The Morgan fingerprint density at radius 1 is 0.950 bits per heavy atom. The van der Waals surface area contributed by atoms with Crippen molar-refractivity contribution in [1.82, 2.24) is 4.90 Å². The van der Waals surface area contributed by atoms with Crippen molar-refractivity contribution >= 4 is 23.3 Å². The van der Waals surface area contributed by atoms with Gasteiger partial charge in [-0.05, 0) is 105 Å². The molecule has 5 fully saturated rings. The van der Waals surface area contributed by atoms with Crippen LogP contribution in [0.1, 0.15) is 38.5 Å². The fourth-order valence-corrected chi connectivity index (χ4v) is 8.59. The van der Waals surface area contributed by atoms with E-state index in [2.05, 4.69) is 51.4 Å². The van der Waals surface area contributed by atoms with Crippen LogP contribution in [0, 0.1) is 28.9 Å². The Kier molecular flexibility index (Phi) is 6.58. The number of nitrogens with one attached hydrogen (secondary N) is 1. The highest BCUT2D eigenvalue weighted by molar-refractivity contribution is 5.74. The number of anilines is 3. The standard InChI is InChI=1S/C32H39F2N5O/c1-37-12-14-38(15-13-37)26-8-6-25(7-9-26)36-32-19-23-16-24(20-32)18-31(17-23,21-32)22-40-30-35-10-3-11-39(30)29-27(33)4-2-5-28(29)34/h2-11,23-24,30,36H,12-22H2,1H3. The number of benzene rings is 2. The number of aliphatic imine (C=N–C) groups is 1. The summed E-state index contributed by atoms with van der Waals surface area (Å²) >= 11 is 0. The molecule has 4 bridgehead atoms. The van der Waals surface area contributed by atoms with Gasteiger partial charge in [0.25, 0.3) is 0 Å². The summed E-state index contributed by atoms with van der Waals surface area (Å²) in [5.74, 6) is 0.118. The van der Waals surface area contributed by atoms with Crippen LogP contribution in [0.3, 0.4) is 0 Å². The number of rotatable bonds is 7. The van der Waals surface area contributed by atoms with Gasteiger partial charge in [0.1, 0.15) is 17.3 Å². The van der Waals surface area contributed by atoms with Crippen molar-refractivity contribution in [2.75, 3.05) is 55.0 Å². The topological polar surface area (TPSA) is 43.3 Å². The van der Waals surface area contributed by atoms with Crippen molar-refractivity contribution < 1.29 is 13.5 Å². The van der Waals surface area contributed by atoms with E-state index in [0.29, 0.717) is 18.4 Å². The van der Waals surface area contributed by atoms with Crippen molar-refractivity contribution in [2.24, 2.45) is 22.2 Å². The molecule has 0 aromatic heterocycles. The highest BCUT2D eigenvalue weighted by atomic mass is 19.1. The minimum atomic E-state index is -0.782. The molecule has 6 nitrogen and oxygen atoms in total. The third kappa shape index (κ3) is 4.90. The van der Waals surface area contributed by atoms with Crippen LogP contribution in [0.2, 0.25) is 0 Å². The summed E-state index contributed by atoms with van der Waals surface area (Å²) in [6.07, 6.45) is 11.2. The fraction of sp³-hybridized carbons (Fsp3) is 0.531. The van der Waals surface area contributed by atoms with Crippen LogP contribution in [0.15, 0.2) is 59.7 Å². The van der Waals surface area contributed by atoms with Gasteiger partial charge in [0, 0.05) is 55.5 Å². The van der Waals surface area contributed by atoms with Crippen molar-refractivity contribution in [3.05, 3.63) is 66.4 Å². The quantitative estimate of drug-likeness (QED) is 0.470. The number of piperazine rings is 1. The van der Waals surface area contributed by atoms with Crippen LogP contribution >= 0.6 is 0 Å². The van der Waals surface area contributed by atoms with E-state index in [1.807, 2.05) is 0 Å². The van der Waals surface area contributed by atoms with E-state index in [1.165, 1.54) is 53.7 Å². The van der Waals surface area contributed by atoms with Gasteiger partial charge in [-0.1, -0.05) is 6.07 Å². The Balaban J connectivity index is 1.05. The van der Waals surface area contributed by atoms with Crippen molar-refractivity contribution in [3.63, 3.8) is 0 Å². The molecule has 2 heterocycles. The molecule has 0 spiro atoms. The van der Waals surface area contributed by atoms with E-state index in [9.17, 15) is 8.78 Å². The molecule has 212 valence electrons. The Bertz CT molecular complexity index is 1250. The third-order valence-electron chi connectivity index (χ3n) is 9.85. The zero-order valence-corrected chi connectivity index (χ0v) is 23.2. The Hall–Kier alpha value is -2.97. The maximum atomic E-state index is 14.6. The number of allylic oxidation sites excluding steroid dienone is 1. The van der Waals surface area contributed by atoms with Gasteiger partial charge < -0.3 is 19.9 Å². The molecular formula is C32H39F2N5O. The van der Waals surface area contributed by atoms with E-state index in [4.69, 9.17) is 4.74 Å². The van der Waals surface area contributed by atoms with Crippen LogP contribution in [-0.2, 0) is 4.74 Å². The first-order valence-electron chi connectivity index (χ1n) is 14.8. The lowest BCUT2D eigenvalue weighted by Gasteiger charge is -2.62. The molecule has 2 aliphatic heterocycles. The van der Waals surface area contributed by atoms with Gasteiger partial charge in [-0.2, -0.15) is 0 Å². The zero-order valence-electron chi connectivity index (χ0n) is 23.2. The van der Waals surface area contributed by atoms with Crippen LogP contribution in [0.4, 0.5) is 25.8 Å². The number of likely N-dealkylation sites (N-methyl/N-ethyl adjacent to an activating group) is 1. The van der Waals surface area contributed by atoms with Crippen LogP contribution in [-0.4, -0.2) is 62.8 Å². The summed E-state index contributed by atoms with van der Waals surface area (Å²) in [4.78, 5) is 10.8. The van der Waals surface area contributed by atoms with Crippen molar-refractivity contribution in [1.29, 1.82) is 0 Å². The van der Waals surface area contributed by atoms with E-state index in [0.717, 1.165) is 45.4 Å². The summed E-state index contributed by atoms with van der Waals surface area (Å²) < 4.78 is 35.7. The molecule has 6 aliphatic rings. The van der Waals surface area contributed by atoms with Crippen molar-refractivity contribution in [2.45, 2.75) is 50.4 Å². The molecule has 1 saturated heterocycles. The number of para-hydroxylation sites is 1. The normalized spacial score (nSPS) is 33.1. The van der Waals surface area contributed by atoms with Gasteiger partial charge in [0.15, 0.2) is 0 Å².